The quantitative estimate of drug-likeness (QED) is 0.915. The van der Waals surface area contributed by atoms with E-state index in [2.05, 4.69) is 18.8 Å². The van der Waals surface area contributed by atoms with Gasteiger partial charge >= 0.3 is 4.87 Å². The summed E-state index contributed by atoms with van der Waals surface area (Å²) in [6.07, 6.45) is 0.898. The Morgan fingerprint density at radius 2 is 2.11 bits per heavy atom. The Labute approximate surface area is 111 Å². The molecule has 0 bridgehead atoms. The van der Waals surface area contributed by atoms with Crippen molar-refractivity contribution in [3.63, 3.8) is 0 Å². The van der Waals surface area contributed by atoms with Crippen LogP contribution in [-0.2, 0) is 10.0 Å². The zero-order valence-corrected chi connectivity index (χ0v) is 12.4. The summed E-state index contributed by atoms with van der Waals surface area (Å²) >= 11 is 0.777. The van der Waals surface area contributed by atoms with E-state index in [1.165, 1.54) is 4.31 Å². The maximum atomic E-state index is 12.4. The van der Waals surface area contributed by atoms with Crippen molar-refractivity contribution in [2.24, 2.45) is 11.8 Å². The van der Waals surface area contributed by atoms with Gasteiger partial charge in [-0.15, -0.1) is 0 Å². The summed E-state index contributed by atoms with van der Waals surface area (Å²) in [4.78, 5) is 13.4. The number of aromatic amines is 1. The molecule has 7 heteroatoms. The van der Waals surface area contributed by atoms with E-state index in [0.717, 1.165) is 17.8 Å². The molecule has 5 nitrogen and oxygen atoms in total. The largest absolute Gasteiger partial charge is 0.315 e. The number of aryl methyl sites for hydroxylation is 1. The standard InChI is InChI=1S/C11H18N2O3S2/c1-7(2)9-4-5-13(6-9)18(15,16)10-8(3)12-11(14)17-10/h7,9H,4-6H2,1-3H3,(H,12,14). The first kappa shape index (κ1) is 13.8. The van der Waals surface area contributed by atoms with Crippen LogP contribution < -0.4 is 4.87 Å². The lowest BCUT2D eigenvalue weighted by molar-refractivity contribution is 0.389. The van der Waals surface area contributed by atoms with Gasteiger partial charge in [0.15, 0.2) is 4.21 Å². The van der Waals surface area contributed by atoms with Crippen molar-refractivity contribution in [2.75, 3.05) is 13.1 Å². The summed E-state index contributed by atoms with van der Waals surface area (Å²) < 4.78 is 26.5. The molecule has 0 aromatic carbocycles. The van der Waals surface area contributed by atoms with Gasteiger partial charge in [0.1, 0.15) is 0 Å². The van der Waals surface area contributed by atoms with Crippen LogP contribution in [0.15, 0.2) is 9.00 Å². The Morgan fingerprint density at radius 3 is 2.56 bits per heavy atom. The number of H-pyrrole nitrogens is 1. The molecule has 0 aliphatic carbocycles. The van der Waals surface area contributed by atoms with Crippen molar-refractivity contribution in [2.45, 2.75) is 31.4 Å². The summed E-state index contributed by atoms with van der Waals surface area (Å²) in [6, 6.07) is 0. The van der Waals surface area contributed by atoms with Crippen LogP contribution in [0, 0.1) is 18.8 Å². The van der Waals surface area contributed by atoms with Gasteiger partial charge in [-0.3, -0.25) is 4.79 Å². The van der Waals surface area contributed by atoms with Gasteiger partial charge in [0.25, 0.3) is 10.0 Å². The molecule has 0 saturated carbocycles. The fourth-order valence-electron chi connectivity index (χ4n) is 2.27. The number of thiazole rings is 1. The van der Waals surface area contributed by atoms with Crippen LogP contribution in [0.1, 0.15) is 26.0 Å². The molecule has 1 aromatic heterocycles. The van der Waals surface area contributed by atoms with Crippen molar-refractivity contribution in [3.05, 3.63) is 15.4 Å². The molecule has 2 heterocycles. The Morgan fingerprint density at radius 1 is 1.44 bits per heavy atom. The van der Waals surface area contributed by atoms with E-state index < -0.39 is 10.0 Å². The molecule has 1 unspecified atom stereocenters. The second kappa shape index (κ2) is 4.79. The minimum atomic E-state index is -3.49. The first-order valence-electron chi connectivity index (χ1n) is 6.02. The number of rotatable bonds is 3. The molecule has 0 amide bonds. The second-order valence-electron chi connectivity index (χ2n) is 5.08. The van der Waals surface area contributed by atoms with E-state index in [9.17, 15) is 13.2 Å². The highest BCUT2D eigenvalue weighted by Crippen LogP contribution is 2.30. The summed E-state index contributed by atoms with van der Waals surface area (Å²) in [7, 11) is -3.49. The molecule has 18 heavy (non-hydrogen) atoms. The van der Waals surface area contributed by atoms with Crippen LogP contribution in [0.2, 0.25) is 0 Å². The summed E-state index contributed by atoms with van der Waals surface area (Å²) in [6.45, 7) is 6.96. The maximum Gasteiger partial charge on any atom is 0.305 e. The minimum Gasteiger partial charge on any atom is -0.315 e. The highest BCUT2D eigenvalue weighted by atomic mass is 32.2. The van der Waals surface area contributed by atoms with Gasteiger partial charge in [-0.05, 0) is 25.2 Å². The van der Waals surface area contributed by atoms with Crippen LogP contribution >= 0.6 is 11.3 Å². The van der Waals surface area contributed by atoms with Crippen molar-refractivity contribution in [1.82, 2.24) is 9.29 Å². The third kappa shape index (κ3) is 2.39. The molecule has 2 rings (SSSR count). The Balaban J connectivity index is 2.28. The van der Waals surface area contributed by atoms with E-state index in [1.807, 2.05) is 0 Å². The van der Waals surface area contributed by atoms with Gasteiger partial charge in [0, 0.05) is 18.8 Å². The Kier molecular flexibility index (Phi) is 3.66. The van der Waals surface area contributed by atoms with Crippen LogP contribution in [0.25, 0.3) is 0 Å². The van der Waals surface area contributed by atoms with E-state index in [0.29, 0.717) is 30.6 Å². The smallest absolute Gasteiger partial charge is 0.305 e. The third-order valence-corrected chi connectivity index (χ3v) is 6.93. The lowest BCUT2D eigenvalue weighted by Gasteiger charge is -2.17. The van der Waals surface area contributed by atoms with Crippen molar-refractivity contribution in [1.29, 1.82) is 0 Å². The Hall–Kier alpha value is -0.660. The average Bonchev–Trinajstić information content (AvgIpc) is 2.85. The number of sulfonamides is 1. The van der Waals surface area contributed by atoms with Gasteiger partial charge in [-0.2, -0.15) is 4.31 Å². The molecule has 1 aliphatic heterocycles. The predicted octanol–water partition coefficient (Wildman–Crippen LogP) is 1.41. The monoisotopic (exact) mass is 290 g/mol. The van der Waals surface area contributed by atoms with E-state index in [-0.39, 0.29) is 9.08 Å². The Bertz CT molecular complexity index is 586. The van der Waals surface area contributed by atoms with E-state index >= 15 is 0 Å². The van der Waals surface area contributed by atoms with Gasteiger partial charge in [-0.1, -0.05) is 25.2 Å². The van der Waals surface area contributed by atoms with Crippen LogP contribution in [0.3, 0.4) is 0 Å². The van der Waals surface area contributed by atoms with E-state index in [1.54, 1.807) is 6.92 Å². The van der Waals surface area contributed by atoms with Gasteiger partial charge in [0.2, 0.25) is 0 Å². The number of nitrogens with zero attached hydrogens (tertiary/aromatic N) is 1. The minimum absolute atomic E-state index is 0.164. The number of hydrogen-bond acceptors (Lipinski definition) is 4. The number of nitrogens with one attached hydrogen (secondary N) is 1. The summed E-state index contributed by atoms with van der Waals surface area (Å²) in [5, 5.41) is 0. The molecule has 102 valence electrons. The maximum absolute atomic E-state index is 12.4. The molecule has 1 fully saturated rings. The van der Waals surface area contributed by atoms with Crippen molar-refractivity contribution in [3.8, 4) is 0 Å². The first-order chi connectivity index (χ1) is 8.32. The molecule has 1 aromatic rings. The van der Waals surface area contributed by atoms with E-state index in [4.69, 9.17) is 0 Å². The zero-order valence-electron chi connectivity index (χ0n) is 10.8. The first-order valence-corrected chi connectivity index (χ1v) is 8.28. The van der Waals surface area contributed by atoms with Crippen molar-refractivity contribution >= 4 is 21.4 Å². The molecular weight excluding hydrogens is 272 g/mol. The van der Waals surface area contributed by atoms with Crippen LogP contribution in [0.4, 0.5) is 0 Å². The highest BCUT2D eigenvalue weighted by Gasteiger charge is 2.35. The van der Waals surface area contributed by atoms with Gasteiger partial charge < -0.3 is 4.98 Å². The number of aromatic nitrogens is 1. The fraction of sp³-hybridized carbons (Fsp3) is 0.727. The fourth-order valence-corrected chi connectivity index (χ4v) is 5.22. The lowest BCUT2D eigenvalue weighted by atomic mass is 9.96. The molecule has 1 aliphatic rings. The van der Waals surface area contributed by atoms with Crippen molar-refractivity contribution < 1.29 is 8.42 Å². The normalized spacial score (nSPS) is 21.9. The second-order valence-corrected chi connectivity index (χ2v) is 8.20. The van der Waals surface area contributed by atoms with Gasteiger partial charge in [-0.25, -0.2) is 8.42 Å². The average molecular weight is 290 g/mol. The topological polar surface area (TPSA) is 70.2 Å². The van der Waals surface area contributed by atoms with Crippen LogP contribution in [0.5, 0.6) is 0 Å². The molecule has 1 saturated heterocycles. The predicted molar refractivity (Wildman–Crippen MR) is 71.4 cm³/mol. The molecular formula is C11H18N2O3S2. The molecule has 1 atom stereocenters. The SMILES string of the molecule is Cc1[nH]c(=O)sc1S(=O)(=O)N1CCC(C(C)C)C1. The zero-order chi connectivity index (χ0) is 13.5. The summed E-state index contributed by atoms with van der Waals surface area (Å²) in [5.41, 5.74) is 0.443. The number of hydrogen-bond donors (Lipinski definition) is 1. The molecule has 0 radical (unpaired) electrons. The lowest BCUT2D eigenvalue weighted by Crippen LogP contribution is -2.29. The highest BCUT2D eigenvalue weighted by molar-refractivity contribution is 7.91. The summed E-state index contributed by atoms with van der Waals surface area (Å²) in [5.74, 6) is 0.895. The third-order valence-electron chi connectivity index (χ3n) is 3.49. The molecule has 1 N–H and O–H groups in total. The van der Waals surface area contributed by atoms with Gasteiger partial charge in [0.05, 0.1) is 0 Å². The molecule has 0 spiro atoms. The van der Waals surface area contributed by atoms with Crippen LogP contribution in [-0.4, -0.2) is 30.8 Å².